The second-order valence-corrected chi connectivity index (χ2v) is 3.26. The summed E-state index contributed by atoms with van der Waals surface area (Å²) >= 11 is 3.48. The van der Waals surface area contributed by atoms with Crippen LogP contribution in [-0.4, -0.2) is 9.97 Å². The predicted octanol–water partition coefficient (Wildman–Crippen LogP) is 2.63. The Kier molecular flexibility index (Phi) is 1.46. The summed E-state index contributed by atoms with van der Waals surface area (Å²) in [6.45, 7) is 2.02. The molecule has 0 saturated heterocycles. The Balaban J connectivity index is 2.92. The van der Waals surface area contributed by atoms with Gasteiger partial charge < -0.3 is 4.98 Å². The molecule has 0 aliphatic carbocycles. The molecule has 0 bridgehead atoms. The van der Waals surface area contributed by atoms with Crippen molar-refractivity contribution in [2.45, 2.75) is 6.92 Å². The number of pyridine rings is 1. The Morgan fingerprint density at radius 2 is 2.36 bits per heavy atom. The molecule has 0 spiro atoms. The number of nitrogens with one attached hydrogen (secondary N) is 1. The molecule has 0 aliphatic heterocycles. The van der Waals surface area contributed by atoms with Crippen molar-refractivity contribution >= 4 is 27.0 Å². The van der Waals surface area contributed by atoms with E-state index >= 15 is 0 Å². The zero-order chi connectivity index (χ0) is 7.84. The molecule has 2 aromatic heterocycles. The van der Waals surface area contributed by atoms with Crippen LogP contribution in [-0.2, 0) is 0 Å². The van der Waals surface area contributed by atoms with Gasteiger partial charge >= 0.3 is 0 Å². The van der Waals surface area contributed by atoms with Crippen LogP contribution >= 0.6 is 15.9 Å². The number of hydrogen-bond donors (Lipinski definition) is 1. The second-order valence-electron chi connectivity index (χ2n) is 2.46. The molecule has 0 fully saturated rings. The molecule has 1 N–H and O–H groups in total. The monoisotopic (exact) mass is 210 g/mol. The van der Waals surface area contributed by atoms with Crippen LogP contribution in [0.5, 0.6) is 0 Å². The van der Waals surface area contributed by atoms with Crippen LogP contribution in [0.2, 0.25) is 0 Å². The van der Waals surface area contributed by atoms with Gasteiger partial charge in [-0.25, -0.2) is 4.98 Å². The third kappa shape index (κ3) is 0.959. The van der Waals surface area contributed by atoms with Crippen LogP contribution in [0.4, 0.5) is 0 Å². The third-order valence-corrected chi connectivity index (χ3v) is 2.70. The number of aromatic nitrogens is 2. The zero-order valence-electron chi connectivity index (χ0n) is 6.06. The number of aromatic amines is 1. The van der Waals surface area contributed by atoms with Crippen LogP contribution in [0.15, 0.2) is 22.8 Å². The molecular formula is C8H7BrN2. The fourth-order valence-corrected chi connectivity index (χ4v) is 1.54. The first kappa shape index (κ1) is 6.85. The molecule has 3 heteroatoms. The van der Waals surface area contributed by atoms with E-state index in [0.717, 1.165) is 21.2 Å². The van der Waals surface area contributed by atoms with Gasteiger partial charge in [0.1, 0.15) is 5.65 Å². The Bertz CT molecular complexity index is 392. The fourth-order valence-electron chi connectivity index (χ4n) is 1.12. The van der Waals surface area contributed by atoms with E-state index in [1.54, 1.807) is 6.20 Å². The van der Waals surface area contributed by atoms with E-state index in [9.17, 15) is 0 Å². The lowest BCUT2D eigenvalue weighted by atomic mass is 10.3. The average molecular weight is 211 g/mol. The Hall–Kier alpha value is -0.830. The maximum absolute atomic E-state index is 4.18. The number of aryl methyl sites for hydroxylation is 1. The number of halogens is 1. The maximum Gasteiger partial charge on any atom is 0.138 e. The number of fused-ring (bicyclic) bond motifs is 1. The summed E-state index contributed by atoms with van der Waals surface area (Å²) in [5, 5.41) is 1.14. The van der Waals surface area contributed by atoms with E-state index in [1.165, 1.54) is 0 Å². The average Bonchev–Trinajstić information content (AvgIpc) is 2.30. The molecule has 56 valence electrons. The molecule has 0 atom stereocenters. The molecule has 0 saturated carbocycles. The standard InChI is InChI=1S/C8H7BrN2/c1-5-7(9)6-3-2-4-10-8(6)11-5/h2-4H,1H3,(H,10,11). The lowest BCUT2D eigenvalue weighted by Gasteiger charge is -1.85. The van der Waals surface area contributed by atoms with Crippen molar-refractivity contribution < 1.29 is 0 Å². The van der Waals surface area contributed by atoms with Gasteiger partial charge in [0.25, 0.3) is 0 Å². The molecule has 0 radical (unpaired) electrons. The van der Waals surface area contributed by atoms with Crippen LogP contribution in [0.25, 0.3) is 11.0 Å². The first-order valence-electron chi connectivity index (χ1n) is 3.38. The fraction of sp³-hybridized carbons (Fsp3) is 0.125. The summed E-state index contributed by atoms with van der Waals surface area (Å²) in [7, 11) is 0. The van der Waals surface area contributed by atoms with Gasteiger partial charge in [0.15, 0.2) is 0 Å². The summed E-state index contributed by atoms with van der Waals surface area (Å²) in [6, 6.07) is 3.97. The van der Waals surface area contributed by atoms with Gasteiger partial charge in [-0.2, -0.15) is 0 Å². The molecule has 0 aliphatic rings. The SMILES string of the molecule is Cc1[nH]c2ncccc2c1Br. The summed E-state index contributed by atoms with van der Waals surface area (Å²) in [5.41, 5.74) is 2.07. The number of nitrogens with zero attached hydrogens (tertiary/aromatic N) is 1. The van der Waals surface area contributed by atoms with Gasteiger partial charge in [-0.15, -0.1) is 0 Å². The molecule has 11 heavy (non-hydrogen) atoms. The lowest BCUT2D eigenvalue weighted by molar-refractivity contribution is 1.24. The minimum absolute atomic E-state index is 0.942. The van der Waals surface area contributed by atoms with E-state index in [4.69, 9.17) is 0 Å². The Labute approximate surface area is 72.8 Å². The van der Waals surface area contributed by atoms with Gasteiger partial charge in [0.05, 0.1) is 0 Å². The van der Waals surface area contributed by atoms with E-state index < -0.39 is 0 Å². The molecule has 0 unspecified atom stereocenters. The quantitative estimate of drug-likeness (QED) is 0.712. The minimum atomic E-state index is 0.942. The number of hydrogen-bond acceptors (Lipinski definition) is 1. The third-order valence-electron chi connectivity index (χ3n) is 1.68. The highest BCUT2D eigenvalue weighted by Gasteiger charge is 2.03. The highest BCUT2D eigenvalue weighted by atomic mass is 79.9. The zero-order valence-corrected chi connectivity index (χ0v) is 7.64. The van der Waals surface area contributed by atoms with Crippen molar-refractivity contribution in [2.24, 2.45) is 0 Å². The first-order chi connectivity index (χ1) is 5.29. The molecule has 0 amide bonds. The van der Waals surface area contributed by atoms with Crippen molar-refractivity contribution in [1.82, 2.24) is 9.97 Å². The number of rotatable bonds is 0. The van der Waals surface area contributed by atoms with Crippen LogP contribution in [0.1, 0.15) is 5.69 Å². The van der Waals surface area contributed by atoms with Crippen molar-refractivity contribution in [3.8, 4) is 0 Å². The van der Waals surface area contributed by atoms with Crippen molar-refractivity contribution in [3.05, 3.63) is 28.5 Å². The van der Waals surface area contributed by atoms with E-state index in [0.29, 0.717) is 0 Å². The minimum Gasteiger partial charge on any atom is -0.342 e. The lowest BCUT2D eigenvalue weighted by Crippen LogP contribution is -1.72. The van der Waals surface area contributed by atoms with Crippen LogP contribution in [0, 0.1) is 6.92 Å². The van der Waals surface area contributed by atoms with Gasteiger partial charge in [-0.05, 0) is 35.0 Å². The molecule has 2 heterocycles. The summed E-state index contributed by atoms with van der Waals surface area (Å²) in [6.07, 6.45) is 1.78. The predicted molar refractivity (Wildman–Crippen MR) is 48.5 cm³/mol. The van der Waals surface area contributed by atoms with E-state index in [1.807, 2.05) is 19.1 Å². The van der Waals surface area contributed by atoms with E-state index in [-0.39, 0.29) is 0 Å². The normalized spacial score (nSPS) is 10.7. The van der Waals surface area contributed by atoms with Crippen molar-refractivity contribution in [3.63, 3.8) is 0 Å². The molecule has 2 nitrogen and oxygen atoms in total. The molecule has 2 rings (SSSR count). The second kappa shape index (κ2) is 2.34. The summed E-state index contributed by atoms with van der Waals surface area (Å²) in [5.74, 6) is 0. The van der Waals surface area contributed by atoms with Crippen LogP contribution in [0.3, 0.4) is 0 Å². The largest absolute Gasteiger partial charge is 0.342 e. The molecular weight excluding hydrogens is 204 g/mol. The highest BCUT2D eigenvalue weighted by Crippen LogP contribution is 2.25. The van der Waals surface area contributed by atoms with Crippen molar-refractivity contribution in [1.29, 1.82) is 0 Å². The first-order valence-corrected chi connectivity index (χ1v) is 4.17. The van der Waals surface area contributed by atoms with Gasteiger partial charge in [-0.1, -0.05) is 0 Å². The van der Waals surface area contributed by atoms with Gasteiger partial charge in [-0.3, -0.25) is 0 Å². The summed E-state index contributed by atoms with van der Waals surface area (Å²) < 4.78 is 1.11. The number of H-pyrrole nitrogens is 1. The van der Waals surface area contributed by atoms with E-state index in [2.05, 4.69) is 25.9 Å². The van der Waals surface area contributed by atoms with Crippen LogP contribution < -0.4 is 0 Å². The van der Waals surface area contributed by atoms with Gasteiger partial charge in [0, 0.05) is 21.7 Å². The summed E-state index contributed by atoms with van der Waals surface area (Å²) in [4.78, 5) is 7.35. The van der Waals surface area contributed by atoms with Gasteiger partial charge in [0.2, 0.25) is 0 Å². The maximum atomic E-state index is 4.18. The molecule has 0 aromatic carbocycles. The topological polar surface area (TPSA) is 28.7 Å². The Morgan fingerprint density at radius 1 is 1.55 bits per heavy atom. The highest BCUT2D eigenvalue weighted by molar-refractivity contribution is 9.10. The smallest absolute Gasteiger partial charge is 0.138 e. The van der Waals surface area contributed by atoms with Crippen molar-refractivity contribution in [2.75, 3.05) is 0 Å². The molecule has 2 aromatic rings. The Morgan fingerprint density at radius 3 is 3.09 bits per heavy atom.